The average Bonchev–Trinajstić information content (AvgIpc) is 2.98. The van der Waals surface area contributed by atoms with Crippen molar-refractivity contribution in [2.45, 2.75) is 44.4 Å². The summed E-state index contributed by atoms with van der Waals surface area (Å²) < 4.78 is 13.2. The molecule has 0 aromatic carbocycles. The largest absolute Gasteiger partial charge is 0.384 e. The van der Waals surface area contributed by atoms with Crippen molar-refractivity contribution in [3.8, 4) is 0 Å². The van der Waals surface area contributed by atoms with Crippen LogP contribution in [0.2, 0.25) is 0 Å². The van der Waals surface area contributed by atoms with Gasteiger partial charge in [0.25, 0.3) is 0 Å². The van der Waals surface area contributed by atoms with E-state index in [0.29, 0.717) is 19.8 Å². The van der Waals surface area contributed by atoms with E-state index in [-0.39, 0.29) is 23.5 Å². The zero-order chi connectivity index (χ0) is 15.2. The molecule has 7 nitrogen and oxygen atoms in total. The predicted octanol–water partition coefficient (Wildman–Crippen LogP) is 0.767. The smallest absolute Gasteiger partial charge is 0.231 e. The number of carbonyl (C=O) groups is 1. The molecule has 1 aromatic rings. The molecule has 1 aromatic heterocycles. The molecule has 3 heterocycles. The summed E-state index contributed by atoms with van der Waals surface area (Å²) in [6, 6.07) is 0.0867. The molecule has 2 fully saturated rings. The summed E-state index contributed by atoms with van der Waals surface area (Å²) in [5, 5.41) is 8.17. The summed E-state index contributed by atoms with van der Waals surface area (Å²) >= 11 is 0. The van der Waals surface area contributed by atoms with E-state index < -0.39 is 0 Å². The van der Waals surface area contributed by atoms with Gasteiger partial charge >= 0.3 is 0 Å². The van der Waals surface area contributed by atoms with Gasteiger partial charge in [0.1, 0.15) is 0 Å². The fourth-order valence-electron chi connectivity index (χ4n) is 4.00. The fourth-order valence-corrected chi connectivity index (χ4v) is 4.00. The first-order valence-electron chi connectivity index (χ1n) is 8.02. The first-order chi connectivity index (χ1) is 10.7. The average molecular weight is 306 g/mol. The molecule has 0 spiro atoms. The van der Waals surface area contributed by atoms with E-state index in [1.54, 1.807) is 13.3 Å². The van der Waals surface area contributed by atoms with Gasteiger partial charge in [-0.3, -0.25) is 4.79 Å². The van der Waals surface area contributed by atoms with Crippen LogP contribution in [-0.2, 0) is 20.9 Å². The van der Waals surface area contributed by atoms with Gasteiger partial charge in [-0.05, 0) is 19.3 Å². The second kappa shape index (κ2) is 5.31. The maximum Gasteiger partial charge on any atom is 0.231 e. The van der Waals surface area contributed by atoms with Crippen molar-refractivity contribution in [2.24, 2.45) is 5.41 Å². The van der Waals surface area contributed by atoms with E-state index in [1.807, 2.05) is 9.58 Å². The van der Waals surface area contributed by atoms with Gasteiger partial charge in [-0.1, -0.05) is 11.6 Å². The van der Waals surface area contributed by atoms with Crippen LogP contribution in [0, 0.1) is 5.41 Å². The van der Waals surface area contributed by atoms with Crippen molar-refractivity contribution < 1.29 is 14.3 Å². The van der Waals surface area contributed by atoms with Gasteiger partial charge in [0, 0.05) is 20.2 Å². The second-order valence-electron chi connectivity index (χ2n) is 6.69. The normalized spacial score (nSPS) is 29.4. The standard InChI is InChI=1S/C15H22N4O3/c1-21-10-15(4-2-5-15)14(20)18-6-3-13-12(8-18)19-11(9-22-13)7-16-17-19/h7,12-13H,2-6,8-10H2,1H3/t12-,13+/m1/s1. The Labute approximate surface area is 129 Å². The molecule has 0 N–H and O–H groups in total. The van der Waals surface area contributed by atoms with Crippen LogP contribution < -0.4 is 0 Å². The summed E-state index contributed by atoms with van der Waals surface area (Å²) in [5.41, 5.74) is 0.702. The van der Waals surface area contributed by atoms with Crippen molar-refractivity contribution in [1.82, 2.24) is 19.9 Å². The summed E-state index contributed by atoms with van der Waals surface area (Å²) in [6.45, 7) is 2.51. The zero-order valence-electron chi connectivity index (χ0n) is 12.9. The number of methoxy groups -OCH3 is 1. The highest BCUT2D eigenvalue weighted by molar-refractivity contribution is 5.84. The Bertz CT molecular complexity index is 569. The van der Waals surface area contributed by atoms with Crippen molar-refractivity contribution in [3.05, 3.63) is 11.9 Å². The van der Waals surface area contributed by atoms with Crippen LogP contribution in [0.25, 0.3) is 0 Å². The predicted molar refractivity (Wildman–Crippen MR) is 77.0 cm³/mol. The molecule has 2 aliphatic heterocycles. The van der Waals surface area contributed by atoms with Gasteiger partial charge in [-0.25, -0.2) is 4.68 Å². The molecule has 1 aliphatic carbocycles. The number of aromatic nitrogens is 3. The molecule has 1 saturated heterocycles. The summed E-state index contributed by atoms with van der Waals surface area (Å²) in [4.78, 5) is 15.0. The molecule has 0 bridgehead atoms. The molecule has 0 unspecified atom stereocenters. The summed E-state index contributed by atoms with van der Waals surface area (Å²) in [5.74, 6) is 0.242. The number of amides is 1. The number of fused-ring (bicyclic) bond motifs is 3. The molecule has 4 rings (SSSR count). The lowest BCUT2D eigenvalue weighted by atomic mass is 9.68. The molecular weight excluding hydrogens is 284 g/mol. The van der Waals surface area contributed by atoms with Crippen molar-refractivity contribution >= 4 is 5.91 Å². The van der Waals surface area contributed by atoms with Crippen LogP contribution in [0.3, 0.4) is 0 Å². The molecule has 1 amide bonds. The highest BCUT2D eigenvalue weighted by Crippen LogP contribution is 2.44. The van der Waals surface area contributed by atoms with Gasteiger partial charge in [0.05, 0.1) is 42.7 Å². The van der Waals surface area contributed by atoms with E-state index in [0.717, 1.165) is 37.9 Å². The first-order valence-corrected chi connectivity index (χ1v) is 8.02. The summed E-state index contributed by atoms with van der Waals surface area (Å²) in [7, 11) is 1.68. The monoisotopic (exact) mass is 306 g/mol. The lowest BCUT2D eigenvalue weighted by Gasteiger charge is -2.47. The Kier molecular flexibility index (Phi) is 3.41. The third kappa shape index (κ3) is 2.06. The van der Waals surface area contributed by atoms with E-state index >= 15 is 0 Å². The molecule has 7 heteroatoms. The lowest BCUT2D eigenvalue weighted by Crippen LogP contribution is -2.56. The van der Waals surface area contributed by atoms with E-state index in [2.05, 4.69) is 10.3 Å². The number of hydrogen-bond acceptors (Lipinski definition) is 5. The zero-order valence-corrected chi connectivity index (χ0v) is 12.9. The van der Waals surface area contributed by atoms with E-state index in [9.17, 15) is 4.79 Å². The molecule has 3 aliphatic rings. The number of hydrogen-bond donors (Lipinski definition) is 0. The Morgan fingerprint density at radius 2 is 2.41 bits per heavy atom. The van der Waals surface area contributed by atoms with Crippen molar-refractivity contribution in [2.75, 3.05) is 26.8 Å². The summed E-state index contributed by atoms with van der Waals surface area (Å²) in [6.07, 6.45) is 5.74. The molecule has 120 valence electrons. The highest BCUT2D eigenvalue weighted by Gasteiger charge is 2.48. The number of carbonyl (C=O) groups excluding carboxylic acids is 1. The maximum atomic E-state index is 13.0. The van der Waals surface area contributed by atoms with Crippen LogP contribution in [0.5, 0.6) is 0 Å². The minimum Gasteiger partial charge on any atom is -0.384 e. The minimum absolute atomic E-state index is 0.0867. The van der Waals surface area contributed by atoms with Crippen molar-refractivity contribution in [1.29, 1.82) is 0 Å². The van der Waals surface area contributed by atoms with Crippen LogP contribution in [0.4, 0.5) is 0 Å². The van der Waals surface area contributed by atoms with Gasteiger partial charge < -0.3 is 14.4 Å². The quantitative estimate of drug-likeness (QED) is 0.825. The maximum absolute atomic E-state index is 13.0. The number of likely N-dealkylation sites (tertiary alicyclic amines) is 1. The van der Waals surface area contributed by atoms with Crippen LogP contribution >= 0.6 is 0 Å². The molecule has 1 saturated carbocycles. The molecular formula is C15H22N4O3. The van der Waals surface area contributed by atoms with Gasteiger partial charge in [-0.15, -0.1) is 5.10 Å². The van der Waals surface area contributed by atoms with Gasteiger partial charge in [0.15, 0.2) is 0 Å². The SMILES string of the molecule is COCC1(C(=O)N2CC[C@@H]3OCc4cnnn4[C@@H]3C2)CCC1. The third-order valence-corrected chi connectivity index (χ3v) is 5.40. The Balaban J connectivity index is 1.53. The molecule has 22 heavy (non-hydrogen) atoms. The number of nitrogens with zero attached hydrogens (tertiary/aromatic N) is 4. The van der Waals surface area contributed by atoms with Gasteiger partial charge in [-0.2, -0.15) is 0 Å². The molecule has 2 atom stereocenters. The van der Waals surface area contributed by atoms with Gasteiger partial charge in [0.2, 0.25) is 5.91 Å². The number of rotatable bonds is 3. The fraction of sp³-hybridized carbons (Fsp3) is 0.800. The first kappa shape index (κ1) is 14.1. The topological polar surface area (TPSA) is 69.5 Å². The van der Waals surface area contributed by atoms with E-state index in [1.165, 1.54) is 0 Å². The minimum atomic E-state index is -0.289. The molecule has 0 radical (unpaired) electrons. The Morgan fingerprint density at radius 1 is 1.55 bits per heavy atom. The van der Waals surface area contributed by atoms with Crippen molar-refractivity contribution in [3.63, 3.8) is 0 Å². The van der Waals surface area contributed by atoms with Crippen LogP contribution in [0.15, 0.2) is 6.20 Å². The van der Waals surface area contributed by atoms with E-state index in [4.69, 9.17) is 9.47 Å². The number of ether oxygens (including phenoxy) is 2. The Morgan fingerprint density at radius 3 is 3.14 bits per heavy atom. The third-order valence-electron chi connectivity index (χ3n) is 5.40. The second-order valence-corrected chi connectivity index (χ2v) is 6.69. The Hall–Kier alpha value is -1.47. The number of piperidine rings is 1. The van der Waals surface area contributed by atoms with Crippen LogP contribution in [-0.4, -0.2) is 58.7 Å². The van der Waals surface area contributed by atoms with Crippen LogP contribution in [0.1, 0.15) is 37.4 Å². The lowest BCUT2D eigenvalue weighted by molar-refractivity contribution is -0.158. The highest BCUT2D eigenvalue weighted by atomic mass is 16.5.